The number of nitrogens with zero attached hydrogens (tertiary/aromatic N) is 2. The maximum Gasteiger partial charge on any atom is 0.243 e. The second kappa shape index (κ2) is 7.36. The van der Waals surface area contributed by atoms with Gasteiger partial charge >= 0.3 is 0 Å². The van der Waals surface area contributed by atoms with Crippen LogP contribution in [-0.4, -0.2) is 39.5 Å². The summed E-state index contributed by atoms with van der Waals surface area (Å²) in [5.41, 5.74) is 0. The van der Waals surface area contributed by atoms with E-state index in [9.17, 15) is 8.42 Å². The van der Waals surface area contributed by atoms with Crippen molar-refractivity contribution in [1.29, 1.82) is 5.26 Å². The lowest BCUT2D eigenvalue weighted by molar-refractivity contribution is 0.179. The van der Waals surface area contributed by atoms with Crippen LogP contribution >= 0.6 is 0 Å². The first-order valence-corrected chi connectivity index (χ1v) is 8.38. The molecule has 0 atom stereocenters. The van der Waals surface area contributed by atoms with Crippen molar-refractivity contribution < 1.29 is 13.2 Å². The fourth-order valence-corrected chi connectivity index (χ4v) is 3.66. The Morgan fingerprint density at radius 2 is 1.86 bits per heavy atom. The normalized spacial score (nSPS) is 11.7. The molecule has 0 spiro atoms. The van der Waals surface area contributed by atoms with E-state index >= 15 is 0 Å². The Hall–Kier alpha value is -1.94. The number of sulfonamides is 1. The van der Waals surface area contributed by atoms with Crippen LogP contribution in [0.4, 0.5) is 0 Å². The number of hydrogen-bond acceptors (Lipinski definition) is 4. The van der Waals surface area contributed by atoms with Crippen LogP contribution in [0, 0.1) is 11.3 Å². The molecule has 0 fully saturated rings. The van der Waals surface area contributed by atoms with Crippen LogP contribution in [0.15, 0.2) is 47.4 Å². The highest BCUT2D eigenvalue weighted by Gasteiger charge is 2.24. The molecule has 0 aliphatic rings. The largest absolute Gasteiger partial charge is 0.383 e. The minimum absolute atomic E-state index is 0.149. The molecule has 6 heteroatoms. The maximum atomic E-state index is 12.7. The summed E-state index contributed by atoms with van der Waals surface area (Å²) in [4.78, 5) is 0.236. The van der Waals surface area contributed by atoms with Gasteiger partial charge in [0.2, 0.25) is 10.0 Å². The molecule has 2 rings (SSSR count). The minimum atomic E-state index is -3.63. The predicted molar refractivity (Wildman–Crippen MR) is 84.8 cm³/mol. The van der Waals surface area contributed by atoms with Crippen molar-refractivity contribution in [3.63, 3.8) is 0 Å². The van der Waals surface area contributed by atoms with E-state index in [2.05, 4.69) is 0 Å². The van der Waals surface area contributed by atoms with E-state index in [-0.39, 0.29) is 31.0 Å². The molecule has 0 saturated carbocycles. The molecule has 0 radical (unpaired) electrons. The molecule has 0 aliphatic heterocycles. The lowest BCUT2D eigenvalue weighted by Crippen LogP contribution is -2.34. The summed E-state index contributed by atoms with van der Waals surface area (Å²) < 4.78 is 31.8. The van der Waals surface area contributed by atoms with E-state index in [1.165, 1.54) is 11.4 Å². The zero-order chi connectivity index (χ0) is 16.0. The summed E-state index contributed by atoms with van der Waals surface area (Å²) >= 11 is 0. The Bertz CT molecular complexity index is 781. The summed E-state index contributed by atoms with van der Waals surface area (Å²) in [5.74, 6) is 0. The van der Waals surface area contributed by atoms with E-state index in [4.69, 9.17) is 10.00 Å². The smallest absolute Gasteiger partial charge is 0.243 e. The molecule has 0 bridgehead atoms. The van der Waals surface area contributed by atoms with E-state index in [0.29, 0.717) is 0 Å². The molecule has 0 aromatic heterocycles. The van der Waals surface area contributed by atoms with Gasteiger partial charge in [-0.25, -0.2) is 8.42 Å². The first-order valence-electron chi connectivity index (χ1n) is 6.94. The van der Waals surface area contributed by atoms with Gasteiger partial charge < -0.3 is 4.74 Å². The molecule has 2 aromatic rings. The molecule has 22 heavy (non-hydrogen) atoms. The predicted octanol–water partition coefficient (Wildman–Crippen LogP) is 2.39. The van der Waals surface area contributed by atoms with Crippen molar-refractivity contribution >= 4 is 20.8 Å². The Morgan fingerprint density at radius 3 is 2.55 bits per heavy atom. The third-order valence-corrected chi connectivity index (χ3v) is 5.27. The van der Waals surface area contributed by atoms with Gasteiger partial charge in [0, 0.05) is 26.6 Å². The molecule has 0 aliphatic carbocycles. The van der Waals surface area contributed by atoms with E-state index in [0.717, 1.165) is 10.8 Å². The van der Waals surface area contributed by atoms with E-state index in [1.54, 1.807) is 18.2 Å². The number of benzene rings is 2. The fraction of sp³-hybridized carbons (Fsp3) is 0.312. The van der Waals surface area contributed by atoms with Gasteiger partial charge in [-0.15, -0.1) is 0 Å². The number of fused-ring (bicyclic) bond motifs is 1. The first kappa shape index (κ1) is 16.4. The van der Waals surface area contributed by atoms with Crippen molar-refractivity contribution in [1.82, 2.24) is 4.31 Å². The summed E-state index contributed by atoms with van der Waals surface area (Å²) in [6.07, 6.45) is 0.149. The summed E-state index contributed by atoms with van der Waals surface area (Å²) in [5, 5.41) is 10.6. The molecule has 116 valence electrons. The molecule has 0 unspecified atom stereocenters. The third kappa shape index (κ3) is 3.63. The summed E-state index contributed by atoms with van der Waals surface area (Å²) in [6, 6.07) is 14.6. The van der Waals surface area contributed by atoms with Gasteiger partial charge in [-0.05, 0) is 22.9 Å². The monoisotopic (exact) mass is 318 g/mol. The number of hydrogen-bond donors (Lipinski definition) is 0. The zero-order valence-electron chi connectivity index (χ0n) is 12.4. The lowest BCUT2D eigenvalue weighted by Gasteiger charge is -2.21. The van der Waals surface area contributed by atoms with Gasteiger partial charge in [-0.1, -0.05) is 30.3 Å². The quantitative estimate of drug-likeness (QED) is 0.786. The van der Waals surface area contributed by atoms with Gasteiger partial charge in [-0.3, -0.25) is 0 Å². The zero-order valence-corrected chi connectivity index (χ0v) is 13.2. The maximum absolute atomic E-state index is 12.7. The van der Waals surface area contributed by atoms with Crippen molar-refractivity contribution in [3.05, 3.63) is 42.5 Å². The van der Waals surface area contributed by atoms with Crippen LogP contribution in [0.1, 0.15) is 6.42 Å². The SMILES string of the molecule is COCCN(CCC#N)S(=O)(=O)c1ccc2ccccc2c1. The van der Waals surface area contributed by atoms with Crippen LogP contribution < -0.4 is 0 Å². The summed E-state index contributed by atoms with van der Waals surface area (Å²) in [6.45, 7) is 0.681. The minimum Gasteiger partial charge on any atom is -0.383 e. The highest BCUT2D eigenvalue weighted by molar-refractivity contribution is 7.89. The molecule has 0 amide bonds. The Morgan fingerprint density at radius 1 is 1.14 bits per heavy atom. The van der Waals surface area contributed by atoms with E-state index in [1.807, 2.05) is 30.3 Å². The number of methoxy groups -OCH3 is 1. The van der Waals surface area contributed by atoms with Crippen molar-refractivity contribution in [2.24, 2.45) is 0 Å². The number of ether oxygens (including phenoxy) is 1. The number of rotatable bonds is 7. The van der Waals surface area contributed by atoms with Crippen molar-refractivity contribution in [2.75, 3.05) is 26.8 Å². The third-order valence-electron chi connectivity index (χ3n) is 3.38. The Balaban J connectivity index is 2.37. The van der Waals surface area contributed by atoms with Gasteiger partial charge in [-0.2, -0.15) is 9.57 Å². The van der Waals surface area contributed by atoms with Gasteiger partial charge in [0.1, 0.15) is 0 Å². The highest BCUT2D eigenvalue weighted by atomic mass is 32.2. The average molecular weight is 318 g/mol. The van der Waals surface area contributed by atoms with Gasteiger partial charge in [0.25, 0.3) is 0 Å². The van der Waals surface area contributed by atoms with Crippen molar-refractivity contribution in [3.8, 4) is 6.07 Å². The average Bonchev–Trinajstić information content (AvgIpc) is 2.54. The standard InChI is InChI=1S/C16H18N2O3S/c1-21-12-11-18(10-4-9-17)22(19,20)16-8-7-14-5-2-3-6-15(14)13-16/h2-3,5-8,13H,4,10-12H2,1H3. The van der Waals surface area contributed by atoms with Crippen LogP contribution in [0.2, 0.25) is 0 Å². The molecular weight excluding hydrogens is 300 g/mol. The molecular formula is C16H18N2O3S. The van der Waals surface area contributed by atoms with Crippen LogP contribution in [0.3, 0.4) is 0 Å². The second-order valence-corrected chi connectivity index (χ2v) is 6.75. The van der Waals surface area contributed by atoms with Crippen LogP contribution in [0.25, 0.3) is 10.8 Å². The second-order valence-electron chi connectivity index (χ2n) is 4.81. The molecule has 0 saturated heterocycles. The van der Waals surface area contributed by atoms with Crippen LogP contribution in [-0.2, 0) is 14.8 Å². The fourth-order valence-electron chi connectivity index (χ4n) is 2.20. The number of nitriles is 1. The Labute approximate surface area is 130 Å². The molecule has 2 aromatic carbocycles. The molecule has 0 N–H and O–H groups in total. The van der Waals surface area contributed by atoms with Crippen LogP contribution in [0.5, 0.6) is 0 Å². The van der Waals surface area contributed by atoms with E-state index < -0.39 is 10.0 Å². The molecule has 5 nitrogen and oxygen atoms in total. The first-order chi connectivity index (χ1) is 10.6. The van der Waals surface area contributed by atoms with Gasteiger partial charge in [0.15, 0.2) is 0 Å². The van der Waals surface area contributed by atoms with Crippen molar-refractivity contribution in [2.45, 2.75) is 11.3 Å². The topological polar surface area (TPSA) is 70.4 Å². The Kier molecular flexibility index (Phi) is 5.50. The summed E-state index contributed by atoms with van der Waals surface area (Å²) in [7, 11) is -2.12. The van der Waals surface area contributed by atoms with Gasteiger partial charge in [0.05, 0.1) is 17.6 Å². The molecule has 0 heterocycles. The lowest BCUT2D eigenvalue weighted by atomic mass is 10.1. The highest BCUT2D eigenvalue weighted by Crippen LogP contribution is 2.22.